The van der Waals surface area contributed by atoms with Crippen molar-refractivity contribution in [2.45, 2.75) is 77.0 Å². The highest BCUT2D eigenvalue weighted by Crippen LogP contribution is 2.29. The van der Waals surface area contributed by atoms with Crippen LogP contribution in [0.4, 0.5) is 5.82 Å². The van der Waals surface area contributed by atoms with E-state index in [0.717, 1.165) is 36.0 Å². The second kappa shape index (κ2) is 10.6. The summed E-state index contributed by atoms with van der Waals surface area (Å²) in [5.74, 6) is 0.137. The van der Waals surface area contributed by atoms with Gasteiger partial charge in [0.2, 0.25) is 5.91 Å². The molecule has 1 aliphatic carbocycles. The first-order valence-electron chi connectivity index (χ1n) is 13.0. The van der Waals surface area contributed by atoms with Crippen LogP contribution in [0.5, 0.6) is 0 Å². The van der Waals surface area contributed by atoms with Crippen molar-refractivity contribution in [2.24, 2.45) is 0 Å². The number of benzene rings is 1. The van der Waals surface area contributed by atoms with Crippen LogP contribution in [0.1, 0.15) is 56.2 Å². The molecule has 1 saturated carbocycles. The van der Waals surface area contributed by atoms with Crippen LogP contribution in [0.3, 0.4) is 0 Å². The standard InChI is InChI=1S/C27H36N6O2/c1-19-15-30-26(31-17-23-8-5-13-32(23)22-6-3-2-4-7-22)27(35)33(19)18-25(34)29-16-20-9-10-24-21(14-20)11-12-28-24/h9-12,14-15,22-23,28H,2-8,13,16-18H2,1H3,(H,29,34)(H,30,31)/t23-/m1/s1. The number of aryl methyl sites for hydroxylation is 1. The number of aromatic nitrogens is 3. The third kappa shape index (κ3) is 5.42. The van der Waals surface area contributed by atoms with Gasteiger partial charge in [0.15, 0.2) is 5.82 Å². The van der Waals surface area contributed by atoms with Crippen LogP contribution in [0.25, 0.3) is 10.9 Å². The number of nitrogens with zero attached hydrogens (tertiary/aromatic N) is 3. The van der Waals surface area contributed by atoms with E-state index >= 15 is 0 Å². The second-order valence-corrected chi connectivity index (χ2v) is 10.0. The molecule has 1 atom stereocenters. The molecule has 2 fully saturated rings. The summed E-state index contributed by atoms with van der Waals surface area (Å²) in [6.45, 7) is 4.08. The Morgan fingerprint density at radius 1 is 1.14 bits per heavy atom. The molecule has 1 amide bonds. The normalized spacial score (nSPS) is 19.3. The number of aromatic amines is 1. The van der Waals surface area contributed by atoms with Crippen molar-refractivity contribution in [1.29, 1.82) is 0 Å². The zero-order valence-electron chi connectivity index (χ0n) is 20.6. The Kier molecular flexibility index (Phi) is 7.18. The minimum absolute atomic E-state index is 0.0219. The zero-order valence-corrected chi connectivity index (χ0v) is 20.6. The van der Waals surface area contributed by atoms with Crippen molar-refractivity contribution in [2.75, 3.05) is 18.4 Å². The third-order valence-electron chi connectivity index (χ3n) is 7.63. The molecule has 3 aromatic rings. The molecule has 0 spiro atoms. The summed E-state index contributed by atoms with van der Waals surface area (Å²) < 4.78 is 1.51. The molecule has 35 heavy (non-hydrogen) atoms. The molecule has 1 aromatic carbocycles. The van der Waals surface area contributed by atoms with Crippen molar-refractivity contribution in [3.63, 3.8) is 0 Å². The average molecular weight is 477 g/mol. The number of anilines is 1. The lowest BCUT2D eigenvalue weighted by Gasteiger charge is -2.35. The number of carbonyl (C=O) groups excluding carboxylic acids is 1. The highest BCUT2D eigenvalue weighted by Gasteiger charge is 2.31. The van der Waals surface area contributed by atoms with Crippen molar-refractivity contribution < 1.29 is 4.79 Å². The number of H-pyrrole nitrogens is 1. The maximum absolute atomic E-state index is 13.1. The lowest BCUT2D eigenvalue weighted by molar-refractivity contribution is -0.121. The minimum atomic E-state index is -0.240. The monoisotopic (exact) mass is 476 g/mol. The van der Waals surface area contributed by atoms with Gasteiger partial charge in [-0.3, -0.25) is 19.1 Å². The van der Waals surface area contributed by atoms with E-state index in [0.29, 0.717) is 30.1 Å². The molecule has 1 saturated heterocycles. The van der Waals surface area contributed by atoms with Gasteiger partial charge < -0.3 is 15.6 Å². The van der Waals surface area contributed by atoms with Gasteiger partial charge in [-0.05, 0) is 68.3 Å². The number of hydrogen-bond donors (Lipinski definition) is 3. The number of amides is 1. The molecule has 0 bridgehead atoms. The SMILES string of the molecule is Cc1cnc(NC[C@H]2CCCN2C2CCCCC2)c(=O)n1CC(=O)NCc1ccc2[nH]ccc2c1. The summed E-state index contributed by atoms with van der Waals surface area (Å²) in [4.78, 5) is 36.0. The fraction of sp³-hybridized carbons (Fsp3) is 0.519. The van der Waals surface area contributed by atoms with Gasteiger partial charge >= 0.3 is 0 Å². The fourth-order valence-electron chi connectivity index (χ4n) is 5.69. The van der Waals surface area contributed by atoms with Crippen LogP contribution in [-0.2, 0) is 17.9 Å². The molecular formula is C27H36N6O2. The highest BCUT2D eigenvalue weighted by atomic mass is 16.2. The Balaban J connectivity index is 1.19. The molecule has 8 nitrogen and oxygen atoms in total. The van der Waals surface area contributed by atoms with Gasteiger partial charge in [0.05, 0.1) is 0 Å². The molecule has 5 rings (SSSR count). The Morgan fingerprint density at radius 3 is 2.86 bits per heavy atom. The topological polar surface area (TPSA) is 95.1 Å². The Bertz CT molecular complexity index is 1230. The summed E-state index contributed by atoms with van der Waals surface area (Å²) in [5.41, 5.74) is 2.52. The van der Waals surface area contributed by atoms with E-state index in [-0.39, 0.29) is 18.0 Å². The van der Waals surface area contributed by atoms with E-state index in [1.165, 1.54) is 43.1 Å². The Morgan fingerprint density at radius 2 is 2.00 bits per heavy atom. The molecule has 1 aliphatic heterocycles. The first-order valence-corrected chi connectivity index (χ1v) is 13.0. The van der Waals surface area contributed by atoms with Gasteiger partial charge in [-0.2, -0.15) is 0 Å². The van der Waals surface area contributed by atoms with E-state index in [1.54, 1.807) is 6.20 Å². The number of carbonyl (C=O) groups is 1. The second-order valence-electron chi connectivity index (χ2n) is 10.0. The van der Waals surface area contributed by atoms with Crippen molar-refractivity contribution in [1.82, 2.24) is 24.8 Å². The Hall–Kier alpha value is -3.13. The lowest BCUT2D eigenvalue weighted by Crippen LogP contribution is -2.44. The third-order valence-corrected chi connectivity index (χ3v) is 7.63. The first-order chi connectivity index (χ1) is 17.1. The van der Waals surface area contributed by atoms with Crippen molar-refractivity contribution >= 4 is 22.6 Å². The quantitative estimate of drug-likeness (QED) is 0.462. The summed E-state index contributed by atoms with van der Waals surface area (Å²) in [7, 11) is 0. The Labute approximate surface area is 206 Å². The van der Waals surface area contributed by atoms with E-state index in [2.05, 4.69) is 31.6 Å². The number of fused-ring (bicyclic) bond motifs is 1. The number of hydrogen-bond acceptors (Lipinski definition) is 5. The molecule has 186 valence electrons. The average Bonchev–Trinajstić information content (AvgIpc) is 3.54. The van der Waals surface area contributed by atoms with Crippen molar-refractivity contribution in [3.05, 3.63) is 58.3 Å². The summed E-state index contributed by atoms with van der Waals surface area (Å²) in [6.07, 6.45) is 12.5. The largest absolute Gasteiger partial charge is 0.364 e. The number of rotatable bonds is 8. The molecule has 3 N–H and O–H groups in total. The molecule has 3 heterocycles. The molecular weight excluding hydrogens is 440 g/mol. The molecule has 0 radical (unpaired) electrons. The van der Waals surface area contributed by atoms with E-state index in [9.17, 15) is 9.59 Å². The number of likely N-dealkylation sites (tertiary alicyclic amines) is 1. The molecule has 2 aromatic heterocycles. The minimum Gasteiger partial charge on any atom is -0.364 e. The maximum atomic E-state index is 13.1. The smallest absolute Gasteiger partial charge is 0.293 e. The van der Waals surface area contributed by atoms with E-state index in [4.69, 9.17) is 0 Å². The van der Waals surface area contributed by atoms with Gasteiger partial charge in [-0.25, -0.2) is 4.98 Å². The summed E-state index contributed by atoms with van der Waals surface area (Å²) in [5, 5.41) is 7.37. The van der Waals surface area contributed by atoms with Crippen LogP contribution in [0, 0.1) is 6.92 Å². The van der Waals surface area contributed by atoms with Crippen LogP contribution in [0.15, 0.2) is 41.5 Å². The predicted molar refractivity (Wildman–Crippen MR) is 138 cm³/mol. The molecule has 0 unspecified atom stereocenters. The van der Waals surface area contributed by atoms with Gasteiger partial charge in [-0.15, -0.1) is 0 Å². The van der Waals surface area contributed by atoms with Gasteiger partial charge in [0.25, 0.3) is 5.56 Å². The fourth-order valence-corrected chi connectivity index (χ4v) is 5.69. The van der Waals surface area contributed by atoms with Gasteiger partial charge in [0.1, 0.15) is 6.54 Å². The van der Waals surface area contributed by atoms with Crippen molar-refractivity contribution in [3.8, 4) is 0 Å². The predicted octanol–water partition coefficient (Wildman–Crippen LogP) is 3.56. The van der Waals surface area contributed by atoms with Crippen LogP contribution in [-0.4, -0.2) is 50.5 Å². The van der Waals surface area contributed by atoms with Crippen LogP contribution >= 0.6 is 0 Å². The molecule has 2 aliphatic rings. The van der Waals surface area contributed by atoms with E-state index in [1.807, 2.05) is 31.3 Å². The summed E-state index contributed by atoms with van der Waals surface area (Å²) in [6, 6.07) is 9.18. The summed E-state index contributed by atoms with van der Waals surface area (Å²) >= 11 is 0. The van der Waals surface area contributed by atoms with Crippen LogP contribution < -0.4 is 16.2 Å². The maximum Gasteiger partial charge on any atom is 0.293 e. The van der Waals surface area contributed by atoms with E-state index < -0.39 is 0 Å². The number of nitrogens with one attached hydrogen (secondary N) is 3. The van der Waals surface area contributed by atoms with Gasteiger partial charge in [-0.1, -0.05) is 25.3 Å². The first kappa shape index (κ1) is 23.6. The van der Waals surface area contributed by atoms with Crippen LogP contribution in [0.2, 0.25) is 0 Å². The molecule has 8 heteroatoms. The highest BCUT2D eigenvalue weighted by molar-refractivity contribution is 5.80. The zero-order chi connectivity index (χ0) is 24.2. The lowest BCUT2D eigenvalue weighted by atomic mass is 9.94. The van der Waals surface area contributed by atoms with Gasteiger partial charge in [0, 0.05) is 48.8 Å².